The number of anilines is 2. The smallest absolute Gasteiger partial charge is 0.273 e. The zero-order valence-corrected chi connectivity index (χ0v) is 12.2. The molecular formula is C14H23N3O3. The Morgan fingerprint density at radius 3 is 2.35 bits per heavy atom. The number of nitro benzene ring substituents is 1. The lowest BCUT2D eigenvalue weighted by atomic mass is 10.1. The molecule has 0 saturated carbocycles. The van der Waals surface area contributed by atoms with Crippen molar-refractivity contribution in [1.29, 1.82) is 0 Å². The van der Waals surface area contributed by atoms with Gasteiger partial charge in [-0.3, -0.25) is 10.1 Å². The van der Waals surface area contributed by atoms with E-state index in [2.05, 4.69) is 10.6 Å². The molecular weight excluding hydrogens is 258 g/mol. The summed E-state index contributed by atoms with van der Waals surface area (Å²) in [6, 6.07) is 4.78. The summed E-state index contributed by atoms with van der Waals surface area (Å²) >= 11 is 0. The van der Waals surface area contributed by atoms with Gasteiger partial charge in [-0.25, -0.2) is 0 Å². The highest BCUT2D eigenvalue weighted by molar-refractivity contribution is 5.63. The molecule has 1 aromatic rings. The highest BCUT2D eigenvalue weighted by Crippen LogP contribution is 2.24. The van der Waals surface area contributed by atoms with Crippen molar-refractivity contribution >= 4 is 17.1 Å². The standard InChI is InChI=1S/C14H23N3O3/c1-4-15-11-6-12(8-13(7-11)17(19)20)16-9-14(18)5-10(2)3/h6-8,10,14-16,18H,4-5,9H2,1-3H3. The predicted molar refractivity (Wildman–Crippen MR) is 81.2 cm³/mol. The molecule has 0 heterocycles. The third kappa shape index (κ3) is 5.44. The van der Waals surface area contributed by atoms with Crippen LogP contribution < -0.4 is 10.6 Å². The Kier molecular flexibility index (Phi) is 6.24. The minimum absolute atomic E-state index is 0.0318. The molecule has 1 aromatic carbocycles. The fourth-order valence-electron chi connectivity index (χ4n) is 1.99. The molecule has 1 rings (SSSR count). The summed E-state index contributed by atoms with van der Waals surface area (Å²) < 4.78 is 0. The lowest BCUT2D eigenvalue weighted by Crippen LogP contribution is -2.21. The van der Waals surface area contributed by atoms with E-state index in [1.54, 1.807) is 6.07 Å². The molecule has 6 heteroatoms. The van der Waals surface area contributed by atoms with Gasteiger partial charge in [0.15, 0.2) is 0 Å². The summed E-state index contributed by atoms with van der Waals surface area (Å²) in [5.41, 5.74) is 1.37. The first kappa shape index (κ1) is 16.2. The van der Waals surface area contributed by atoms with E-state index in [1.807, 2.05) is 20.8 Å². The fourth-order valence-corrected chi connectivity index (χ4v) is 1.99. The normalized spacial score (nSPS) is 12.2. The van der Waals surface area contributed by atoms with Crippen LogP contribution in [0.4, 0.5) is 17.1 Å². The van der Waals surface area contributed by atoms with Crippen LogP contribution in [-0.2, 0) is 0 Å². The highest BCUT2D eigenvalue weighted by Gasteiger charge is 2.11. The van der Waals surface area contributed by atoms with Crippen molar-refractivity contribution in [3.63, 3.8) is 0 Å². The Morgan fingerprint density at radius 2 is 1.85 bits per heavy atom. The Hall–Kier alpha value is -1.82. The van der Waals surface area contributed by atoms with Gasteiger partial charge < -0.3 is 15.7 Å². The lowest BCUT2D eigenvalue weighted by Gasteiger charge is -2.15. The first-order valence-electron chi connectivity index (χ1n) is 6.87. The van der Waals surface area contributed by atoms with Gasteiger partial charge in [0.25, 0.3) is 5.69 Å². The summed E-state index contributed by atoms with van der Waals surface area (Å²) in [5, 5.41) is 26.8. The third-order valence-electron chi connectivity index (χ3n) is 2.79. The second-order valence-corrected chi connectivity index (χ2v) is 5.22. The number of hydrogen-bond acceptors (Lipinski definition) is 5. The van der Waals surface area contributed by atoms with Crippen LogP contribution in [0.25, 0.3) is 0 Å². The summed E-state index contributed by atoms with van der Waals surface area (Å²) in [7, 11) is 0. The average Bonchev–Trinajstić information content (AvgIpc) is 2.35. The molecule has 3 N–H and O–H groups in total. The van der Waals surface area contributed by atoms with E-state index in [4.69, 9.17) is 0 Å². The molecule has 0 radical (unpaired) electrons. The van der Waals surface area contributed by atoms with Crippen molar-refractivity contribution in [2.45, 2.75) is 33.3 Å². The Morgan fingerprint density at radius 1 is 1.25 bits per heavy atom. The first-order chi connectivity index (χ1) is 9.42. The molecule has 0 amide bonds. The number of aliphatic hydroxyl groups excluding tert-OH is 1. The van der Waals surface area contributed by atoms with Crippen LogP contribution in [0.15, 0.2) is 18.2 Å². The average molecular weight is 281 g/mol. The minimum Gasteiger partial charge on any atom is -0.391 e. The number of rotatable bonds is 8. The number of benzene rings is 1. The maximum Gasteiger partial charge on any atom is 0.273 e. The molecule has 1 atom stereocenters. The maximum absolute atomic E-state index is 10.9. The predicted octanol–water partition coefficient (Wildman–Crippen LogP) is 2.85. The quantitative estimate of drug-likeness (QED) is 0.504. The van der Waals surface area contributed by atoms with E-state index in [-0.39, 0.29) is 5.69 Å². The zero-order chi connectivity index (χ0) is 15.1. The number of hydrogen-bond donors (Lipinski definition) is 3. The van der Waals surface area contributed by atoms with Crippen LogP contribution in [0.5, 0.6) is 0 Å². The molecule has 1 unspecified atom stereocenters. The van der Waals surface area contributed by atoms with Crippen molar-refractivity contribution in [2.24, 2.45) is 5.92 Å². The van der Waals surface area contributed by atoms with Gasteiger partial charge >= 0.3 is 0 Å². The summed E-state index contributed by atoms with van der Waals surface area (Å²) in [6.45, 7) is 7.08. The molecule has 20 heavy (non-hydrogen) atoms. The summed E-state index contributed by atoms with van der Waals surface area (Å²) in [6.07, 6.45) is 0.235. The summed E-state index contributed by atoms with van der Waals surface area (Å²) in [4.78, 5) is 10.5. The molecule has 112 valence electrons. The lowest BCUT2D eigenvalue weighted by molar-refractivity contribution is -0.384. The monoisotopic (exact) mass is 281 g/mol. The van der Waals surface area contributed by atoms with Gasteiger partial charge in [-0.05, 0) is 25.3 Å². The van der Waals surface area contributed by atoms with Crippen LogP contribution in [0.2, 0.25) is 0 Å². The first-order valence-corrected chi connectivity index (χ1v) is 6.87. The van der Waals surface area contributed by atoms with Crippen LogP contribution in [-0.4, -0.2) is 29.2 Å². The maximum atomic E-state index is 10.9. The van der Waals surface area contributed by atoms with Gasteiger partial charge in [0, 0.05) is 36.6 Å². The SMILES string of the molecule is CCNc1cc(NCC(O)CC(C)C)cc([N+](=O)[O-])c1. The van der Waals surface area contributed by atoms with Gasteiger partial charge in [0.1, 0.15) is 0 Å². The molecule has 0 fully saturated rings. The van der Waals surface area contributed by atoms with E-state index in [0.29, 0.717) is 36.8 Å². The fraction of sp³-hybridized carbons (Fsp3) is 0.571. The molecule has 0 bridgehead atoms. The minimum atomic E-state index is -0.461. The number of aliphatic hydroxyl groups is 1. The van der Waals surface area contributed by atoms with Crippen molar-refractivity contribution in [3.8, 4) is 0 Å². The molecule has 0 aliphatic heterocycles. The largest absolute Gasteiger partial charge is 0.391 e. The highest BCUT2D eigenvalue weighted by atomic mass is 16.6. The van der Waals surface area contributed by atoms with E-state index < -0.39 is 11.0 Å². The van der Waals surface area contributed by atoms with Crippen molar-refractivity contribution in [2.75, 3.05) is 23.7 Å². The van der Waals surface area contributed by atoms with Gasteiger partial charge in [-0.15, -0.1) is 0 Å². The van der Waals surface area contributed by atoms with E-state index in [1.165, 1.54) is 12.1 Å². The van der Waals surface area contributed by atoms with Crippen LogP contribution >= 0.6 is 0 Å². The van der Waals surface area contributed by atoms with Gasteiger partial charge in [0.2, 0.25) is 0 Å². The van der Waals surface area contributed by atoms with Crippen molar-refractivity contribution in [1.82, 2.24) is 0 Å². The molecule has 0 aliphatic carbocycles. The van der Waals surface area contributed by atoms with E-state index in [9.17, 15) is 15.2 Å². The number of nitrogens with one attached hydrogen (secondary N) is 2. The van der Waals surface area contributed by atoms with Crippen molar-refractivity contribution in [3.05, 3.63) is 28.3 Å². The second-order valence-electron chi connectivity index (χ2n) is 5.22. The number of non-ortho nitro benzene ring substituents is 1. The van der Waals surface area contributed by atoms with Crippen LogP contribution in [0.1, 0.15) is 27.2 Å². The van der Waals surface area contributed by atoms with E-state index >= 15 is 0 Å². The Labute approximate surface area is 119 Å². The van der Waals surface area contributed by atoms with Crippen LogP contribution in [0, 0.1) is 16.0 Å². The van der Waals surface area contributed by atoms with Crippen molar-refractivity contribution < 1.29 is 10.0 Å². The Bertz CT molecular complexity index is 449. The second kappa shape index (κ2) is 7.69. The van der Waals surface area contributed by atoms with Crippen LogP contribution in [0.3, 0.4) is 0 Å². The van der Waals surface area contributed by atoms with Gasteiger partial charge in [0.05, 0.1) is 11.0 Å². The molecule has 0 spiro atoms. The number of nitrogens with zero attached hydrogens (tertiary/aromatic N) is 1. The topological polar surface area (TPSA) is 87.4 Å². The summed E-state index contributed by atoms with van der Waals surface area (Å²) in [5.74, 6) is 0.411. The van der Waals surface area contributed by atoms with E-state index in [0.717, 1.165) is 0 Å². The zero-order valence-electron chi connectivity index (χ0n) is 12.2. The Balaban J connectivity index is 2.75. The third-order valence-corrected chi connectivity index (χ3v) is 2.79. The van der Waals surface area contributed by atoms with Gasteiger partial charge in [-0.1, -0.05) is 13.8 Å². The molecule has 0 aliphatic rings. The molecule has 6 nitrogen and oxygen atoms in total. The number of nitro groups is 1. The molecule has 0 aromatic heterocycles. The molecule has 0 saturated heterocycles. The van der Waals surface area contributed by atoms with Gasteiger partial charge in [-0.2, -0.15) is 0 Å².